The Hall–Kier alpha value is -0.720. The maximum absolute atomic E-state index is 5.48. The van der Waals surface area contributed by atoms with Gasteiger partial charge in [0.25, 0.3) is 0 Å². The molecule has 0 radical (unpaired) electrons. The third kappa shape index (κ3) is 11.5. The summed E-state index contributed by atoms with van der Waals surface area (Å²) in [5.74, 6) is 1.92. The van der Waals surface area contributed by atoms with E-state index in [4.69, 9.17) is 5.73 Å². The molecule has 102 valence electrons. The molecule has 0 aromatic carbocycles. The van der Waals surface area contributed by atoms with Crippen LogP contribution in [0.25, 0.3) is 0 Å². The molecule has 0 aliphatic carbocycles. The van der Waals surface area contributed by atoms with Gasteiger partial charge >= 0.3 is 0 Å². The first-order valence-corrected chi connectivity index (χ1v) is 6.83. The van der Waals surface area contributed by atoms with E-state index in [2.05, 4.69) is 54.7 Å². The van der Waals surface area contributed by atoms with Crippen LogP contribution in [0.1, 0.15) is 60.8 Å². The van der Waals surface area contributed by atoms with E-state index in [9.17, 15) is 0 Å². The normalized spacial score (nSPS) is 13.6. The SMILES string of the molecule is C=C(C)C(C)C(C)C.C=C(N)C(C)CCCC. The van der Waals surface area contributed by atoms with Gasteiger partial charge in [-0.05, 0) is 31.1 Å². The zero-order chi connectivity index (χ0) is 14.0. The van der Waals surface area contributed by atoms with E-state index in [1.807, 2.05) is 0 Å². The molecule has 2 atom stereocenters. The molecule has 0 rings (SSSR count). The van der Waals surface area contributed by atoms with Crippen LogP contribution in [0.3, 0.4) is 0 Å². The fourth-order valence-corrected chi connectivity index (χ4v) is 1.26. The van der Waals surface area contributed by atoms with Crippen molar-refractivity contribution in [3.05, 3.63) is 24.4 Å². The van der Waals surface area contributed by atoms with E-state index in [-0.39, 0.29) is 0 Å². The lowest BCUT2D eigenvalue weighted by Crippen LogP contribution is -2.06. The van der Waals surface area contributed by atoms with Crippen molar-refractivity contribution in [1.29, 1.82) is 0 Å². The average Bonchev–Trinajstić information content (AvgIpc) is 2.25. The van der Waals surface area contributed by atoms with Gasteiger partial charge in [0.15, 0.2) is 0 Å². The van der Waals surface area contributed by atoms with E-state index in [1.165, 1.54) is 24.8 Å². The highest BCUT2D eigenvalue weighted by molar-refractivity contribution is 4.94. The molecule has 0 saturated heterocycles. The van der Waals surface area contributed by atoms with E-state index in [0.29, 0.717) is 11.8 Å². The molecular formula is C16H33N. The van der Waals surface area contributed by atoms with Gasteiger partial charge < -0.3 is 5.73 Å². The number of hydrogen-bond donors (Lipinski definition) is 1. The van der Waals surface area contributed by atoms with Gasteiger partial charge in [0, 0.05) is 5.70 Å². The van der Waals surface area contributed by atoms with Crippen molar-refractivity contribution in [1.82, 2.24) is 0 Å². The molecule has 0 aromatic rings. The smallest absolute Gasteiger partial charge is 0.00362 e. The summed E-state index contributed by atoms with van der Waals surface area (Å²) >= 11 is 0. The largest absolute Gasteiger partial charge is 0.402 e. The highest BCUT2D eigenvalue weighted by Crippen LogP contribution is 2.16. The van der Waals surface area contributed by atoms with E-state index in [0.717, 1.165) is 11.6 Å². The fourth-order valence-electron chi connectivity index (χ4n) is 1.26. The minimum absolute atomic E-state index is 0.505. The fraction of sp³-hybridized carbons (Fsp3) is 0.750. The Morgan fingerprint density at radius 1 is 1.12 bits per heavy atom. The number of hydrogen-bond acceptors (Lipinski definition) is 1. The molecule has 0 spiro atoms. The minimum Gasteiger partial charge on any atom is -0.402 e. The summed E-state index contributed by atoms with van der Waals surface area (Å²) in [5.41, 5.74) is 7.60. The van der Waals surface area contributed by atoms with Crippen LogP contribution >= 0.6 is 0 Å². The lowest BCUT2D eigenvalue weighted by Gasteiger charge is -2.13. The van der Waals surface area contributed by atoms with Crippen LogP contribution < -0.4 is 5.73 Å². The first-order valence-electron chi connectivity index (χ1n) is 6.83. The van der Waals surface area contributed by atoms with E-state index >= 15 is 0 Å². The van der Waals surface area contributed by atoms with Gasteiger partial charge in [0.1, 0.15) is 0 Å². The molecule has 0 aliphatic rings. The minimum atomic E-state index is 0.505. The predicted molar refractivity (Wildman–Crippen MR) is 80.8 cm³/mol. The van der Waals surface area contributed by atoms with Crippen LogP contribution in [-0.4, -0.2) is 0 Å². The predicted octanol–water partition coefficient (Wildman–Crippen LogP) is 5.14. The summed E-state index contributed by atoms with van der Waals surface area (Å²) in [4.78, 5) is 0. The van der Waals surface area contributed by atoms with Crippen molar-refractivity contribution >= 4 is 0 Å². The second-order valence-electron chi connectivity index (χ2n) is 5.50. The van der Waals surface area contributed by atoms with Crippen molar-refractivity contribution < 1.29 is 0 Å². The molecule has 2 unspecified atom stereocenters. The quantitative estimate of drug-likeness (QED) is 0.638. The summed E-state index contributed by atoms with van der Waals surface area (Å²) < 4.78 is 0. The zero-order valence-corrected chi connectivity index (χ0v) is 12.8. The second-order valence-corrected chi connectivity index (χ2v) is 5.50. The number of allylic oxidation sites excluding steroid dienone is 2. The maximum Gasteiger partial charge on any atom is 0.00362 e. The van der Waals surface area contributed by atoms with Gasteiger partial charge in [-0.15, -0.1) is 0 Å². The van der Waals surface area contributed by atoms with Crippen molar-refractivity contribution in [3.8, 4) is 0 Å². The summed E-state index contributed by atoms with van der Waals surface area (Å²) in [5, 5.41) is 0. The summed E-state index contributed by atoms with van der Waals surface area (Å²) in [6, 6.07) is 0. The Morgan fingerprint density at radius 3 is 1.76 bits per heavy atom. The van der Waals surface area contributed by atoms with Gasteiger partial charge in [-0.1, -0.05) is 66.2 Å². The van der Waals surface area contributed by atoms with E-state index in [1.54, 1.807) is 0 Å². The van der Waals surface area contributed by atoms with Crippen molar-refractivity contribution in [2.75, 3.05) is 0 Å². The highest BCUT2D eigenvalue weighted by Gasteiger charge is 2.05. The molecule has 1 heteroatoms. The Morgan fingerprint density at radius 2 is 1.59 bits per heavy atom. The van der Waals surface area contributed by atoms with Crippen molar-refractivity contribution in [2.24, 2.45) is 23.5 Å². The van der Waals surface area contributed by atoms with Crippen LogP contribution in [0.5, 0.6) is 0 Å². The van der Waals surface area contributed by atoms with Crippen LogP contribution in [0.15, 0.2) is 24.4 Å². The molecule has 0 saturated carbocycles. The van der Waals surface area contributed by atoms with Gasteiger partial charge in [0.05, 0.1) is 0 Å². The monoisotopic (exact) mass is 239 g/mol. The van der Waals surface area contributed by atoms with Crippen molar-refractivity contribution in [2.45, 2.75) is 60.8 Å². The number of rotatable bonds is 6. The standard InChI is InChI=1S/C8H17N.C8H16/c1-4-5-6-7(2)8(3)9;1-6(2)8(5)7(3)4/h7H,3-6,9H2,1-2H3;7-8H,1H2,2-5H3. The van der Waals surface area contributed by atoms with Crippen LogP contribution in [0.2, 0.25) is 0 Å². The Balaban J connectivity index is 0. The summed E-state index contributed by atoms with van der Waals surface area (Å²) in [6.45, 7) is 20.6. The van der Waals surface area contributed by atoms with Gasteiger partial charge in [-0.3, -0.25) is 0 Å². The molecule has 0 heterocycles. The maximum atomic E-state index is 5.48. The molecule has 0 aromatic heterocycles. The summed E-state index contributed by atoms with van der Waals surface area (Å²) in [7, 11) is 0. The second kappa shape index (κ2) is 10.4. The first-order chi connectivity index (χ1) is 7.73. The third-order valence-corrected chi connectivity index (χ3v) is 3.40. The zero-order valence-electron chi connectivity index (χ0n) is 12.8. The van der Waals surface area contributed by atoms with Crippen molar-refractivity contribution in [3.63, 3.8) is 0 Å². The molecule has 0 amide bonds. The first kappa shape index (κ1) is 18.6. The Bertz CT molecular complexity index is 216. The van der Waals surface area contributed by atoms with Gasteiger partial charge in [0.2, 0.25) is 0 Å². The lowest BCUT2D eigenvalue weighted by atomic mass is 9.92. The van der Waals surface area contributed by atoms with Crippen LogP contribution in [-0.2, 0) is 0 Å². The molecule has 2 N–H and O–H groups in total. The molecule has 17 heavy (non-hydrogen) atoms. The Kier molecular flexibility index (Phi) is 11.4. The third-order valence-electron chi connectivity index (χ3n) is 3.40. The lowest BCUT2D eigenvalue weighted by molar-refractivity contribution is 0.481. The van der Waals surface area contributed by atoms with Crippen LogP contribution in [0.4, 0.5) is 0 Å². The molecular weight excluding hydrogens is 206 g/mol. The highest BCUT2D eigenvalue weighted by atomic mass is 14.6. The number of nitrogens with two attached hydrogens (primary N) is 1. The topological polar surface area (TPSA) is 26.0 Å². The average molecular weight is 239 g/mol. The van der Waals surface area contributed by atoms with Crippen LogP contribution in [0, 0.1) is 17.8 Å². The van der Waals surface area contributed by atoms with Gasteiger partial charge in [-0.25, -0.2) is 0 Å². The van der Waals surface area contributed by atoms with E-state index < -0.39 is 0 Å². The molecule has 0 fully saturated rings. The molecule has 0 bridgehead atoms. The molecule has 0 aliphatic heterocycles. The number of unbranched alkanes of at least 4 members (excludes halogenated alkanes) is 1. The molecule has 1 nitrogen and oxygen atoms in total. The summed E-state index contributed by atoms with van der Waals surface area (Å²) in [6.07, 6.45) is 3.70. The van der Waals surface area contributed by atoms with Gasteiger partial charge in [-0.2, -0.15) is 0 Å². The Labute approximate surface area is 109 Å².